The van der Waals surface area contributed by atoms with Crippen molar-refractivity contribution in [2.24, 2.45) is 5.84 Å². The van der Waals surface area contributed by atoms with Crippen molar-refractivity contribution in [2.75, 3.05) is 6.61 Å². The molecule has 0 radical (unpaired) electrons. The van der Waals surface area contributed by atoms with E-state index >= 15 is 0 Å². The topological polar surface area (TPSA) is 60.2 Å². The van der Waals surface area contributed by atoms with Gasteiger partial charge in [0.2, 0.25) is 0 Å². The highest BCUT2D eigenvalue weighted by molar-refractivity contribution is 5.25. The molecule has 2 atom stereocenters. The van der Waals surface area contributed by atoms with Crippen LogP contribution in [0.2, 0.25) is 0 Å². The monoisotopic (exact) mass is 249 g/mol. The standard InChI is InChI=1S/C14H23N3O/c1-10-5-7-13(11(2)16-10)14(17-15)8-6-12-4-3-9-18-12/h5,7,12,14,17H,3-4,6,8-9,15H2,1-2H3. The Morgan fingerprint density at radius 2 is 2.33 bits per heavy atom. The van der Waals surface area contributed by atoms with E-state index in [9.17, 15) is 0 Å². The Bertz CT molecular complexity index is 389. The lowest BCUT2D eigenvalue weighted by Gasteiger charge is -2.20. The molecule has 2 unspecified atom stereocenters. The van der Waals surface area contributed by atoms with Crippen LogP contribution in [0.5, 0.6) is 0 Å². The number of pyridine rings is 1. The van der Waals surface area contributed by atoms with E-state index in [-0.39, 0.29) is 6.04 Å². The summed E-state index contributed by atoms with van der Waals surface area (Å²) in [6.45, 7) is 4.96. The summed E-state index contributed by atoms with van der Waals surface area (Å²) >= 11 is 0. The van der Waals surface area contributed by atoms with Gasteiger partial charge in [-0.25, -0.2) is 0 Å². The molecule has 0 spiro atoms. The molecule has 0 saturated carbocycles. The largest absolute Gasteiger partial charge is 0.378 e. The highest BCUT2D eigenvalue weighted by Gasteiger charge is 2.19. The van der Waals surface area contributed by atoms with Crippen LogP contribution in [-0.2, 0) is 4.74 Å². The van der Waals surface area contributed by atoms with Crippen molar-refractivity contribution in [3.8, 4) is 0 Å². The zero-order valence-electron chi connectivity index (χ0n) is 11.3. The fraction of sp³-hybridized carbons (Fsp3) is 0.643. The van der Waals surface area contributed by atoms with E-state index in [0.717, 1.165) is 30.8 Å². The first kappa shape index (κ1) is 13.5. The lowest BCUT2D eigenvalue weighted by molar-refractivity contribution is 0.0995. The predicted octanol–water partition coefficient (Wildman–Crippen LogP) is 2.16. The number of nitrogens with one attached hydrogen (secondary N) is 1. The molecule has 1 aromatic heterocycles. The highest BCUT2D eigenvalue weighted by atomic mass is 16.5. The van der Waals surface area contributed by atoms with Gasteiger partial charge in [0.05, 0.1) is 6.10 Å². The molecule has 18 heavy (non-hydrogen) atoms. The van der Waals surface area contributed by atoms with Crippen molar-refractivity contribution in [3.63, 3.8) is 0 Å². The van der Waals surface area contributed by atoms with Crippen LogP contribution in [0.25, 0.3) is 0 Å². The number of hydrogen-bond donors (Lipinski definition) is 2. The van der Waals surface area contributed by atoms with Crippen LogP contribution < -0.4 is 11.3 Å². The van der Waals surface area contributed by atoms with Crippen molar-refractivity contribution in [2.45, 2.75) is 51.7 Å². The molecule has 2 rings (SSSR count). The molecule has 1 saturated heterocycles. The molecule has 0 aromatic carbocycles. The normalized spacial score (nSPS) is 21.2. The summed E-state index contributed by atoms with van der Waals surface area (Å²) in [6, 6.07) is 4.33. The molecule has 3 N–H and O–H groups in total. The second-order valence-electron chi connectivity index (χ2n) is 5.06. The van der Waals surface area contributed by atoms with E-state index in [1.54, 1.807) is 0 Å². The lowest BCUT2D eigenvalue weighted by atomic mass is 9.98. The molecule has 0 aliphatic carbocycles. The Balaban J connectivity index is 1.98. The zero-order chi connectivity index (χ0) is 13.0. The first-order chi connectivity index (χ1) is 8.70. The Kier molecular flexibility index (Phi) is 4.69. The lowest BCUT2D eigenvalue weighted by Crippen LogP contribution is -2.29. The molecule has 100 valence electrons. The number of aromatic nitrogens is 1. The third-order valence-corrected chi connectivity index (χ3v) is 3.64. The minimum Gasteiger partial charge on any atom is -0.378 e. The van der Waals surface area contributed by atoms with Crippen molar-refractivity contribution < 1.29 is 4.74 Å². The molecule has 1 aliphatic rings. The van der Waals surface area contributed by atoms with Crippen LogP contribution in [0.1, 0.15) is 48.7 Å². The minimum absolute atomic E-state index is 0.169. The van der Waals surface area contributed by atoms with E-state index in [1.165, 1.54) is 18.4 Å². The number of rotatable bonds is 5. The van der Waals surface area contributed by atoms with Gasteiger partial charge in [0.15, 0.2) is 0 Å². The van der Waals surface area contributed by atoms with Gasteiger partial charge in [-0.05, 0) is 51.2 Å². The summed E-state index contributed by atoms with van der Waals surface area (Å²) in [5.41, 5.74) is 6.21. The van der Waals surface area contributed by atoms with Crippen molar-refractivity contribution in [3.05, 3.63) is 29.1 Å². The molecule has 4 nitrogen and oxygen atoms in total. The maximum Gasteiger partial charge on any atom is 0.0576 e. The second kappa shape index (κ2) is 6.27. The van der Waals surface area contributed by atoms with Gasteiger partial charge in [-0.2, -0.15) is 0 Å². The van der Waals surface area contributed by atoms with Gasteiger partial charge in [-0.3, -0.25) is 16.3 Å². The van der Waals surface area contributed by atoms with Crippen LogP contribution in [0.3, 0.4) is 0 Å². The number of aryl methyl sites for hydroxylation is 2. The SMILES string of the molecule is Cc1ccc(C(CCC2CCCO2)NN)c(C)n1. The first-order valence-electron chi connectivity index (χ1n) is 6.72. The molecule has 1 aromatic rings. The molecule has 0 amide bonds. The summed E-state index contributed by atoms with van der Waals surface area (Å²) in [6.07, 6.45) is 4.84. The molecule has 1 aliphatic heterocycles. The van der Waals surface area contributed by atoms with Gasteiger partial charge >= 0.3 is 0 Å². The Hall–Kier alpha value is -0.970. The average molecular weight is 249 g/mol. The number of ether oxygens (including phenoxy) is 1. The molecule has 4 heteroatoms. The zero-order valence-corrected chi connectivity index (χ0v) is 11.3. The van der Waals surface area contributed by atoms with E-state index in [2.05, 4.69) is 16.5 Å². The van der Waals surface area contributed by atoms with Crippen LogP contribution >= 0.6 is 0 Å². The summed E-state index contributed by atoms with van der Waals surface area (Å²) in [5, 5.41) is 0. The maximum atomic E-state index is 5.68. The van der Waals surface area contributed by atoms with Gasteiger partial charge in [0.1, 0.15) is 0 Å². The highest BCUT2D eigenvalue weighted by Crippen LogP contribution is 2.25. The molecular weight excluding hydrogens is 226 g/mol. The molecule has 2 heterocycles. The third kappa shape index (κ3) is 3.28. The van der Waals surface area contributed by atoms with Gasteiger partial charge < -0.3 is 4.74 Å². The number of nitrogens with zero attached hydrogens (tertiary/aromatic N) is 1. The Morgan fingerprint density at radius 3 is 2.94 bits per heavy atom. The first-order valence-corrected chi connectivity index (χ1v) is 6.72. The quantitative estimate of drug-likeness (QED) is 0.620. The molecular formula is C14H23N3O. The van der Waals surface area contributed by atoms with Crippen molar-refractivity contribution in [1.29, 1.82) is 0 Å². The van der Waals surface area contributed by atoms with Crippen LogP contribution in [0.15, 0.2) is 12.1 Å². The molecule has 1 fully saturated rings. The van der Waals surface area contributed by atoms with Gasteiger partial charge in [-0.15, -0.1) is 0 Å². The van der Waals surface area contributed by atoms with Crippen LogP contribution in [-0.4, -0.2) is 17.7 Å². The minimum atomic E-state index is 0.169. The summed E-state index contributed by atoms with van der Waals surface area (Å²) in [7, 11) is 0. The Morgan fingerprint density at radius 1 is 1.50 bits per heavy atom. The van der Waals surface area contributed by atoms with Crippen LogP contribution in [0.4, 0.5) is 0 Å². The van der Waals surface area contributed by atoms with Crippen molar-refractivity contribution >= 4 is 0 Å². The smallest absolute Gasteiger partial charge is 0.0576 e. The maximum absolute atomic E-state index is 5.68. The number of nitrogens with two attached hydrogens (primary N) is 1. The molecule has 0 bridgehead atoms. The number of hydrazine groups is 1. The van der Waals surface area contributed by atoms with Gasteiger partial charge in [-0.1, -0.05) is 6.07 Å². The van der Waals surface area contributed by atoms with Gasteiger partial charge in [0, 0.05) is 24.0 Å². The second-order valence-corrected chi connectivity index (χ2v) is 5.06. The third-order valence-electron chi connectivity index (χ3n) is 3.64. The van der Waals surface area contributed by atoms with Crippen molar-refractivity contribution in [1.82, 2.24) is 10.4 Å². The van der Waals surface area contributed by atoms with Crippen LogP contribution in [0, 0.1) is 13.8 Å². The van der Waals surface area contributed by atoms with E-state index in [1.807, 2.05) is 19.9 Å². The fourth-order valence-electron chi connectivity index (χ4n) is 2.62. The van der Waals surface area contributed by atoms with E-state index < -0.39 is 0 Å². The Labute approximate surface area is 109 Å². The van der Waals surface area contributed by atoms with Gasteiger partial charge in [0.25, 0.3) is 0 Å². The summed E-state index contributed by atoms with van der Waals surface area (Å²) in [5.74, 6) is 5.68. The summed E-state index contributed by atoms with van der Waals surface area (Å²) < 4.78 is 5.65. The summed E-state index contributed by atoms with van der Waals surface area (Å²) in [4.78, 5) is 4.50. The van der Waals surface area contributed by atoms with E-state index in [4.69, 9.17) is 10.6 Å². The predicted molar refractivity (Wildman–Crippen MR) is 72.0 cm³/mol. The average Bonchev–Trinajstić information content (AvgIpc) is 2.85. The fourth-order valence-corrected chi connectivity index (χ4v) is 2.62. The van der Waals surface area contributed by atoms with E-state index in [0.29, 0.717) is 6.10 Å². The number of hydrogen-bond acceptors (Lipinski definition) is 4.